The molecule has 1 fully saturated rings. The minimum atomic E-state index is -0.125. The van der Waals surface area contributed by atoms with Crippen LogP contribution >= 0.6 is 0 Å². The van der Waals surface area contributed by atoms with Crippen molar-refractivity contribution in [1.29, 1.82) is 0 Å². The largest absolute Gasteiger partial charge is 0.379 e. The fraction of sp³-hybridized carbons (Fsp3) is 0.647. The smallest absolute Gasteiger partial charge is 0.0834 e. The van der Waals surface area contributed by atoms with Crippen molar-refractivity contribution >= 4 is 5.69 Å². The van der Waals surface area contributed by atoms with Crippen molar-refractivity contribution in [1.82, 2.24) is 0 Å². The first-order valence-corrected chi connectivity index (χ1v) is 7.26. The second kappa shape index (κ2) is 4.82. The summed E-state index contributed by atoms with van der Waals surface area (Å²) in [5.74, 6) is 0.583. The van der Waals surface area contributed by atoms with Gasteiger partial charge in [-0.2, -0.15) is 0 Å². The van der Waals surface area contributed by atoms with Crippen LogP contribution in [0, 0.1) is 0 Å². The molecule has 0 saturated carbocycles. The minimum Gasteiger partial charge on any atom is -0.379 e. The number of hydrogen-bond acceptors (Lipinski definition) is 2. The standard InChI is InChI=1S/C17H27NO/c1-12(2)13-7-9-14(10-8-13)18-15-11-16(3,4)19-17(15,5)6/h7-10,12,15,18H,11H2,1-6H3. The summed E-state index contributed by atoms with van der Waals surface area (Å²) in [5.41, 5.74) is 2.40. The van der Waals surface area contributed by atoms with Gasteiger partial charge >= 0.3 is 0 Å². The summed E-state index contributed by atoms with van der Waals surface area (Å²) in [4.78, 5) is 0. The number of hydrogen-bond donors (Lipinski definition) is 1. The van der Waals surface area contributed by atoms with E-state index in [1.165, 1.54) is 11.3 Å². The lowest BCUT2D eigenvalue weighted by Gasteiger charge is -2.28. The highest BCUT2D eigenvalue weighted by Crippen LogP contribution is 2.38. The minimum absolute atomic E-state index is 0.0426. The second-order valence-corrected chi connectivity index (χ2v) is 7.14. The topological polar surface area (TPSA) is 21.3 Å². The van der Waals surface area contributed by atoms with Crippen LogP contribution in [0.4, 0.5) is 5.69 Å². The van der Waals surface area contributed by atoms with Crippen LogP contribution in [0.1, 0.15) is 59.4 Å². The monoisotopic (exact) mass is 261 g/mol. The average molecular weight is 261 g/mol. The molecule has 1 heterocycles. The van der Waals surface area contributed by atoms with Crippen molar-refractivity contribution in [3.8, 4) is 0 Å². The molecular formula is C17H27NO. The SMILES string of the molecule is CC(C)c1ccc(NC2CC(C)(C)OC2(C)C)cc1. The molecule has 0 spiro atoms. The van der Waals surface area contributed by atoms with Gasteiger partial charge < -0.3 is 10.1 Å². The molecule has 1 aliphatic rings. The van der Waals surface area contributed by atoms with Gasteiger partial charge in [0.1, 0.15) is 0 Å². The highest BCUT2D eigenvalue weighted by Gasteiger charge is 2.45. The Bertz CT molecular complexity index is 431. The van der Waals surface area contributed by atoms with Crippen LogP contribution in [0.2, 0.25) is 0 Å². The van der Waals surface area contributed by atoms with Crippen molar-refractivity contribution in [3.05, 3.63) is 29.8 Å². The maximum Gasteiger partial charge on any atom is 0.0834 e. The summed E-state index contributed by atoms with van der Waals surface area (Å²) < 4.78 is 6.12. The first kappa shape index (κ1) is 14.4. The Hall–Kier alpha value is -1.02. The Labute approximate surface area is 117 Å². The molecule has 0 amide bonds. The quantitative estimate of drug-likeness (QED) is 0.860. The van der Waals surface area contributed by atoms with Gasteiger partial charge in [-0.15, -0.1) is 0 Å². The summed E-state index contributed by atoms with van der Waals surface area (Å²) in [6.45, 7) is 13.1. The molecule has 2 rings (SSSR count). The molecule has 1 atom stereocenters. The molecule has 1 saturated heterocycles. The molecule has 0 radical (unpaired) electrons. The van der Waals surface area contributed by atoms with Gasteiger partial charge in [-0.3, -0.25) is 0 Å². The summed E-state index contributed by atoms with van der Waals surface area (Å²) in [6, 6.07) is 9.13. The lowest BCUT2D eigenvalue weighted by molar-refractivity contribution is -0.0662. The van der Waals surface area contributed by atoms with Crippen molar-refractivity contribution < 1.29 is 4.74 Å². The van der Waals surface area contributed by atoms with E-state index in [2.05, 4.69) is 71.1 Å². The predicted molar refractivity (Wildman–Crippen MR) is 81.8 cm³/mol. The first-order valence-electron chi connectivity index (χ1n) is 7.26. The van der Waals surface area contributed by atoms with Gasteiger partial charge in [-0.05, 0) is 57.7 Å². The molecule has 1 aromatic rings. The fourth-order valence-electron chi connectivity index (χ4n) is 2.95. The van der Waals surface area contributed by atoms with Gasteiger partial charge in [0, 0.05) is 5.69 Å². The maximum atomic E-state index is 6.12. The zero-order valence-electron chi connectivity index (χ0n) is 13.1. The fourth-order valence-corrected chi connectivity index (χ4v) is 2.95. The maximum absolute atomic E-state index is 6.12. The van der Waals surface area contributed by atoms with Crippen LogP contribution < -0.4 is 5.32 Å². The normalized spacial score (nSPS) is 24.7. The van der Waals surface area contributed by atoms with E-state index >= 15 is 0 Å². The van der Waals surface area contributed by atoms with Crippen molar-refractivity contribution in [2.24, 2.45) is 0 Å². The molecule has 0 aliphatic carbocycles. The van der Waals surface area contributed by atoms with Crippen molar-refractivity contribution in [2.75, 3.05) is 5.32 Å². The predicted octanol–water partition coefficient (Wildman–Crippen LogP) is 4.57. The van der Waals surface area contributed by atoms with Gasteiger partial charge in [0.25, 0.3) is 0 Å². The Morgan fingerprint density at radius 3 is 2.11 bits per heavy atom. The van der Waals surface area contributed by atoms with E-state index in [0.717, 1.165) is 6.42 Å². The van der Waals surface area contributed by atoms with E-state index < -0.39 is 0 Å². The van der Waals surface area contributed by atoms with Crippen LogP contribution in [0.5, 0.6) is 0 Å². The Balaban J connectivity index is 2.09. The highest BCUT2D eigenvalue weighted by molar-refractivity contribution is 5.46. The van der Waals surface area contributed by atoms with Crippen molar-refractivity contribution in [2.45, 2.75) is 71.1 Å². The van der Waals surface area contributed by atoms with Crippen LogP contribution in [0.25, 0.3) is 0 Å². The molecular weight excluding hydrogens is 234 g/mol. The molecule has 2 nitrogen and oxygen atoms in total. The Kier molecular flexibility index (Phi) is 3.65. The van der Waals surface area contributed by atoms with E-state index in [-0.39, 0.29) is 11.2 Å². The number of rotatable bonds is 3. The van der Waals surface area contributed by atoms with Gasteiger partial charge in [-0.25, -0.2) is 0 Å². The molecule has 0 bridgehead atoms. The molecule has 2 heteroatoms. The number of ether oxygens (including phenoxy) is 1. The lowest BCUT2D eigenvalue weighted by atomic mass is 9.94. The summed E-state index contributed by atoms with van der Waals surface area (Å²) in [6.07, 6.45) is 1.03. The number of nitrogens with one attached hydrogen (secondary N) is 1. The van der Waals surface area contributed by atoms with E-state index in [9.17, 15) is 0 Å². The van der Waals surface area contributed by atoms with Crippen LogP contribution in [-0.2, 0) is 4.74 Å². The van der Waals surface area contributed by atoms with Gasteiger partial charge in [0.2, 0.25) is 0 Å². The molecule has 1 aliphatic heterocycles. The van der Waals surface area contributed by atoms with E-state index in [1.54, 1.807) is 0 Å². The van der Waals surface area contributed by atoms with Gasteiger partial charge in [-0.1, -0.05) is 26.0 Å². The zero-order chi connectivity index (χ0) is 14.3. The van der Waals surface area contributed by atoms with E-state index in [0.29, 0.717) is 12.0 Å². The van der Waals surface area contributed by atoms with Crippen LogP contribution in [0.15, 0.2) is 24.3 Å². The lowest BCUT2D eigenvalue weighted by Crippen LogP contribution is -2.38. The molecule has 106 valence electrons. The van der Waals surface area contributed by atoms with E-state index in [4.69, 9.17) is 4.74 Å². The molecule has 1 N–H and O–H groups in total. The molecule has 19 heavy (non-hydrogen) atoms. The van der Waals surface area contributed by atoms with Crippen LogP contribution in [0.3, 0.4) is 0 Å². The Morgan fingerprint density at radius 1 is 1.11 bits per heavy atom. The summed E-state index contributed by atoms with van der Waals surface area (Å²) in [7, 11) is 0. The van der Waals surface area contributed by atoms with Crippen molar-refractivity contribution in [3.63, 3.8) is 0 Å². The third-order valence-corrected chi connectivity index (χ3v) is 3.99. The number of anilines is 1. The molecule has 1 aromatic carbocycles. The number of benzene rings is 1. The summed E-state index contributed by atoms with van der Waals surface area (Å²) in [5, 5.41) is 3.63. The van der Waals surface area contributed by atoms with Gasteiger partial charge in [0.15, 0.2) is 0 Å². The average Bonchev–Trinajstić information content (AvgIpc) is 2.47. The van der Waals surface area contributed by atoms with Gasteiger partial charge in [0.05, 0.1) is 17.2 Å². The zero-order valence-corrected chi connectivity index (χ0v) is 13.1. The first-order chi connectivity index (χ1) is 8.70. The second-order valence-electron chi connectivity index (χ2n) is 7.14. The third-order valence-electron chi connectivity index (χ3n) is 3.99. The highest BCUT2D eigenvalue weighted by atomic mass is 16.5. The Morgan fingerprint density at radius 2 is 1.68 bits per heavy atom. The molecule has 0 aromatic heterocycles. The molecule has 1 unspecified atom stereocenters. The summed E-state index contributed by atoms with van der Waals surface area (Å²) >= 11 is 0. The van der Waals surface area contributed by atoms with Crippen LogP contribution in [-0.4, -0.2) is 17.2 Å². The third kappa shape index (κ3) is 3.30. The van der Waals surface area contributed by atoms with E-state index in [1.807, 2.05) is 0 Å².